The number of ether oxygens (including phenoxy) is 2. The number of amides is 1. The molecule has 3 atom stereocenters. The van der Waals surface area contributed by atoms with Crippen molar-refractivity contribution in [1.82, 2.24) is 0 Å². The normalized spacial score (nSPS) is 27.7. The zero-order chi connectivity index (χ0) is 21.2. The molecule has 3 heterocycles. The van der Waals surface area contributed by atoms with Crippen LogP contribution in [0.4, 0.5) is 5.69 Å². The number of carboxylic acid groups (broad SMARTS) is 1. The van der Waals surface area contributed by atoms with E-state index in [4.69, 9.17) is 9.47 Å². The minimum Gasteiger partial charge on any atom is -0.497 e. The van der Waals surface area contributed by atoms with Crippen LogP contribution in [0.15, 0.2) is 71.7 Å². The van der Waals surface area contributed by atoms with Crippen LogP contribution >= 0.6 is 0 Å². The van der Waals surface area contributed by atoms with Crippen LogP contribution in [0.1, 0.15) is 27.9 Å². The molecular formula is C25H21NO5. The highest BCUT2D eigenvalue weighted by Crippen LogP contribution is 2.56. The van der Waals surface area contributed by atoms with E-state index < -0.39 is 11.4 Å². The number of hydrogen-bond donors (Lipinski definition) is 2. The first-order valence-corrected chi connectivity index (χ1v) is 10.5. The summed E-state index contributed by atoms with van der Waals surface area (Å²) in [6, 6.07) is 14.8. The Kier molecular flexibility index (Phi) is 3.81. The molecule has 1 amide bonds. The molecule has 0 aromatic heterocycles. The van der Waals surface area contributed by atoms with Gasteiger partial charge in [0.2, 0.25) is 5.91 Å². The zero-order valence-electron chi connectivity index (χ0n) is 16.8. The summed E-state index contributed by atoms with van der Waals surface area (Å²) in [5, 5.41) is 12.3. The number of aromatic carboxylic acids is 1. The van der Waals surface area contributed by atoms with Gasteiger partial charge >= 0.3 is 5.97 Å². The third-order valence-corrected chi connectivity index (χ3v) is 7.04. The average Bonchev–Trinajstić information content (AvgIpc) is 3.46. The van der Waals surface area contributed by atoms with Gasteiger partial charge in [0.05, 0.1) is 12.2 Å². The summed E-state index contributed by atoms with van der Waals surface area (Å²) in [5.41, 5.74) is 3.29. The number of anilines is 1. The minimum absolute atomic E-state index is 0.0348. The Morgan fingerprint density at radius 3 is 2.74 bits per heavy atom. The second-order valence-electron chi connectivity index (χ2n) is 8.57. The fourth-order valence-corrected chi connectivity index (χ4v) is 5.61. The Morgan fingerprint density at radius 2 is 1.94 bits per heavy atom. The number of carboxylic acids is 1. The number of carbonyl (C=O) groups excluding carboxylic acids is 1. The SMILES string of the molecule is O=C(O)c1ccc(CC2C3=C(C=C4OCCC42)OCC32C(=O)Nc3ccccc32)cc1. The number of benzene rings is 2. The van der Waals surface area contributed by atoms with E-state index in [0.717, 1.165) is 40.3 Å². The van der Waals surface area contributed by atoms with E-state index in [1.165, 1.54) is 0 Å². The molecule has 1 aliphatic carbocycles. The summed E-state index contributed by atoms with van der Waals surface area (Å²) in [6.45, 7) is 0.937. The monoisotopic (exact) mass is 415 g/mol. The molecule has 3 aliphatic heterocycles. The molecule has 2 aromatic rings. The van der Waals surface area contributed by atoms with E-state index in [9.17, 15) is 14.7 Å². The number of para-hydroxylation sites is 1. The van der Waals surface area contributed by atoms with E-state index in [1.807, 2.05) is 42.5 Å². The van der Waals surface area contributed by atoms with Crippen LogP contribution < -0.4 is 5.32 Å². The highest BCUT2D eigenvalue weighted by Gasteiger charge is 2.59. The van der Waals surface area contributed by atoms with Crippen molar-refractivity contribution in [2.45, 2.75) is 18.3 Å². The summed E-state index contributed by atoms with van der Waals surface area (Å²) in [7, 11) is 0. The van der Waals surface area contributed by atoms with Crippen LogP contribution in [0.5, 0.6) is 0 Å². The molecule has 0 bridgehead atoms. The fourth-order valence-electron chi connectivity index (χ4n) is 5.61. The van der Waals surface area contributed by atoms with E-state index >= 15 is 0 Å². The van der Waals surface area contributed by atoms with Crippen LogP contribution in [-0.2, 0) is 26.1 Å². The van der Waals surface area contributed by atoms with Crippen molar-refractivity contribution in [1.29, 1.82) is 0 Å². The third-order valence-electron chi connectivity index (χ3n) is 7.04. The Morgan fingerprint density at radius 1 is 1.13 bits per heavy atom. The van der Waals surface area contributed by atoms with Gasteiger partial charge in [0.15, 0.2) is 0 Å². The highest BCUT2D eigenvalue weighted by molar-refractivity contribution is 6.09. The maximum atomic E-state index is 13.4. The zero-order valence-corrected chi connectivity index (χ0v) is 16.8. The molecule has 2 aromatic carbocycles. The van der Waals surface area contributed by atoms with Crippen LogP contribution in [0.25, 0.3) is 0 Å². The molecule has 1 fully saturated rings. The number of nitrogens with one attached hydrogen (secondary N) is 1. The van der Waals surface area contributed by atoms with Crippen molar-refractivity contribution >= 4 is 17.6 Å². The Bertz CT molecular complexity index is 1180. The van der Waals surface area contributed by atoms with Gasteiger partial charge < -0.3 is 19.9 Å². The van der Waals surface area contributed by atoms with Crippen molar-refractivity contribution in [3.8, 4) is 0 Å². The van der Waals surface area contributed by atoms with E-state index in [-0.39, 0.29) is 29.9 Å². The Balaban J connectivity index is 1.46. The van der Waals surface area contributed by atoms with E-state index in [1.54, 1.807) is 12.1 Å². The molecule has 2 N–H and O–H groups in total. The quantitative estimate of drug-likeness (QED) is 0.799. The summed E-state index contributed by atoms with van der Waals surface area (Å²) in [4.78, 5) is 24.6. The molecular weight excluding hydrogens is 394 g/mol. The summed E-state index contributed by atoms with van der Waals surface area (Å²) in [6.07, 6.45) is 3.55. The molecule has 4 aliphatic rings. The highest BCUT2D eigenvalue weighted by atomic mass is 16.5. The van der Waals surface area contributed by atoms with Crippen LogP contribution in [0, 0.1) is 11.8 Å². The van der Waals surface area contributed by atoms with Gasteiger partial charge in [-0.3, -0.25) is 4.79 Å². The molecule has 1 saturated heterocycles. The van der Waals surface area contributed by atoms with Gasteiger partial charge in [-0.25, -0.2) is 4.79 Å². The minimum atomic E-state index is -0.939. The van der Waals surface area contributed by atoms with Crippen molar-refractivity contribution < 1.29 is 24.2 Å². The smallest absolute Gasteiger partial charge is 0.335 e. The number of carbonyl (C=O) groups is 2. The van der Waals surface area contributed by atoms with Gasteiger partial charge in [0, 0.05) is 17.7 Å². The topological polar surface area (TPSA) is 84.9 Å². The number of rotatable bonds is 3. The Labute approximate surface area is 179 Å². The van der Waals surface area contributed by atoms with Gasteiger partial charge in [-0.2, -0.15) is 0 Å². The largest absolute Gasteiger partial charge is 0.497 e. The van der Waals surface area contributed by atoms with E-state index in [0.29, 0.717) is 13.0 Å². The molecule has 1 spiro atoms. The van der Waals surface area contributed by atoms with Gasteiger partial charge in [0.1, 0.15) is 23.5 Å². The first kappa shape index (κ1) is 18.2. The fraction of sp³-hybridized carbons (Fsp3) is 0.280. The number of allylic oxidation sites excluding steroid dienone is 2. The van der Waals surface area contributed by atoms with Crippen LogP contribution in [-0.4, -0.2) is 30.2 Å². The number of hydrogen-bond acceptors (Lipinski definition) is 4. The van der Waals surface area contributed by atoms with Crippen LogP contribution in [0.2, 0.25) is 0 Å². The molecule has 0 radical (unpaired) electrons. The summed E-state index contributed by atoms with van der Waals surface area (Å²) in [5.74, 6) is 0.901. The summed E-state index contributed by atoms with van der Waals surface area (Å²) >= 11 is 0. The third kappa shape index (κ3) is 2.51. The lowest BCUT2D eigenvalue weighted by Gasteiger charge is -2.34. The number of fused-ring (bicyclic) bond motifs is 4. The van der Waals surface area contributed by atoms with Crippen LogP contribution in [0.3, 0.4) is 0 Å². The Hall–Kier alpha value is -3.54. The molecule has 6 heteroatoms. The predicted molar refractivity (Wildman–Crippen MR) is 112 cm³/mol. The summed E-state index contributed by atoms with van der Waals surface area (Å²) < 4.78 is 12.0. The second kappa shape index (κ2) is 6.48. The van der Waals surface area contributed by atoms with Gasteiger partial charge in [-0.15, -0.1) is 0 Å². The van der Waals surface area contributed by atoms with E-state index in [2.05, 4.69) is 5.32 Å². The first-order chi connectivity index (χ1) is 15.1. The van der Waals surface area contributed by atoms with Crippen molar-refractivity contribution in [3.05, 3.63) is 88.4 Å². The lowest BCUT2D eigenvalue weighted by atomic mass is 9.64. The van der Waals surface area contributed by atoms with Crippen molar-refractivity contribution in [3.63, 3.8) is 0 Å². The average molecular weight is 415 g/mol. The van der Waals surface area contributed by atoms with Gasteiger partial charge in [-0.05, 0) is 53.7 Å². The van der Waals surface area contributed by atoms with Crippen molar-refractivity contribution in [2.75, 3.05) is 18.5 Å². The van der Waals surface area contributed by atoms with Gasteiger partial charge in [0.25, 0.3) is 0 Å². The standard InChI is InChI=1S/C25H21NO5/c27-23(28)15-7-5-14(6-8-15)11-17-16-9-10-30-20(16)12-21-22(17)25(13-31-21)18-3-1-2-4-19(18)26-24(25)29/h1-8,12,16-17H,9-11,13H2,(H,26,29)(H,27,28). The predicted octanol–water partition coefficient (Wildman–Crippen LogP) is 3.65. The van der Waals surface area contributed by atoms with Crippen molar-refractivity contribution in [2.24, 2.45) is 11.8 Å². The first-order valence-electron chi connectivity index (χ1n) is 10.5. The lowest BCUT2D eigenvalue weighted by Crippen LogP contribution is -2.42. The lowest BCUT2D eigenvalue weighted by molar-refractivity contribution is -0.120. The molecule has 3 unspecified atom stereocenters. The van der Waals surface area contributed by atoms with Gasteiger partial charge in [-0.1, -0.05) is 30.3 Å². The second-order valence-corrected chi connectivity index (χ2v) is 8.57. The molecule has 31 heavy (non-hydrogen) atoms. The maximum Gasteiger partial charge on any atom is 0.335 e. The molecule has 6 rings (SSSR count). The molecule has 6 nitrogen and oxygen atoms in total. The molecule has 156 valence electrons. The maximum absolute atomic E-state index is 13.4. The molecule has 0 saturated carbocycles.